The lowest BCUT2D eigenvalue weighted by Crippen LogP contribution is -2.36. The van der Waals surface area contributed by atoms with Crippen LogP contribution in [0.5, 0.6) is 0 Å². The first-order valence-electron chi connectivity index (χ1n) is 10.2. The topological polar surface area (TPSA) is 97.8 Å². The molecule has 3 heterocycles. The van der Waals surface area contributed by atoms with Crippen LogP contribution in [-0.2, 0) is 29.0 Å². The summed E-state index contributed by atoms with van der Waals surface area (Å²) >= 11 is 0. The molecule has 158 valence electrons. The Hall–Kier alpha value is -3.13. The number of hydrogen-bond donors (Lipinski definition) is 2. The third-order valence-electron chi connectivity index (χ3n) is 5.62. The van der Waals surface area contributed by atoms with E-state index in [1.807, 2.05) is 29.2 Å². The van der Waals surface area contributed by atoms with Gasteiger partial charge in [-0.2, -0.15) is 5.10 Å². The predicted molar refractivity (Wildman–Crippen MR) is 118 cm³/mol. The molecular weight excluding hydrogens is 380 g/mol. The van der Waals surface area contributed by atoms with Gasteiger partial charge < -0.3 is 20.7 Å². The Morgan fingerprint density at radius 1 is 1.43 bits per heavy atom. The van der Waals surface area contributed by atoms with Crippen molar-refractivity contribution in [1.82, 2.24) is 14.7 Å². The summed E-state index contributed by atoms with van der Waals surface area (Å²) in [6.07, 6.45) is 4.10. The first kappa shape index (κ1) is 20.2. The van der Waals surface area contributed by atoms with E-state index in [9.17, 15) is 4.79 Å². The largest absolute Gasteiger partial charge is 0.404 e. The van der Waals surface area contributed by atoms with Crippen LogP contribution in [0.4, 0.5) is 11.5 Å². The molecule has 2 aromatic rings. The summed E-state index contributed by atoms with van der Waals surface area (Å²) in [6.45, 7) is 5.33. The summed E-state index contributed by atoms with van der Waals surface area (Å²) in [7, 11) is 1.72. The number of anilines is 2. The minimum Gasteiger partial charge on any atom is -0.404 e. The molecule has 3 N–H and O–H groups in total. The van der Waals surface area contributed by atoms with E-state index in [1.54, 1.807) is 26.4 Å². The van der Waals surface area contributed by atoms with E-state index in [1.165, 1.54) is 5.69 Å². The number of allylic oxidation sites excluding steroid dienone is 1. The second kappa shape index (κ2) is 8.71. The number of nitrogens with one attached hydrogen (secondary N) is 1. The van der Waals surface area contributed by atoms with Gasteiger partial charge in [0.2, 0.25) is 5.91 Å². The van der Waals surface area contributed by atoms with Crippen molar-refractivity contribution in [3.05, 3.63) is 47.3 Å². The molecule has 0 radical (unpaired) electrons. The highest BCUT2D eigenvalue weighted by Gasteiger charge is 2.28. The molecule has 2 aliphatic heterocycles. The Morgan fingerprint density at radius 3 is 2.93 bits per heavy atom. The van der Waals surface area contributed by atoms with E-state index < -0.39 is 0 Å². The maximum Gasteiger partial charge on any atom is 0.219 e. The smallest absolute Gasteiger partial charge is 0.219 e. The number of nitrogens with zero attached hydrogens (tertiary/aromatic N) is 4. The average Bonchev–Trinajstić information content (AvgIpc) is 3.05. The van der Waals surface area contributed by atoms with Crippen molar-refractivity contribution in [1.29, 1.82) is 0 Å². The molecule has 4 rings (SSSR count). The van der Waals surface area contributed by atoms with Gasteiger partial charge >= 0.3 is 0 Å². The zero-order chi connectivity index (χ0) is 21.1. The average molecular weight is 409 g/mol. The van der Waals surface area contributed by atoms with Gasteiger partial charge in [-0.25, -0.2) is 0 Å². The maximum atomic E-state index is 12.0. The van der Waals surface area contributed by atoms with Crippen LogP contribution in [0.2, 0.25) is 0 Å². The zero-order valence-corrected chi connectivity index (χ0v) is 17.5. The molecule has 0 bridgehead atoms. The molecule has 30 heavy (non-hydrogen) atoms. The molecule has 0 saturated carbocycles. The molecule has 1 aromatic heterocycles. The minimum absolute atomic E-state index is 0.0883. The first-order valence-corrected chi connectivity index (χ1v) is 10.2. The van der Waals surface area contributed by atoms with Crippen molar-refractivity contribution in [3.63, 3.8) is 0 Å². The zero-order valence-electron chi connectivity index (χ0n) is 17.5. The Kier molecular flexibility index (Phi) is 5.85. The molecule has 0 aliphatic carbocycles. The second-order valence-electron chi connectivity index (χ2n) is 7.77. The fraction of sp³-hybridized carbons (Fsp3) is 0.409. The van der Waals surface area contributed by atoms with E-state index >= 15 is 0 Å². The van der Waals surface area contributed by atoms with Crippen molar-refractivity contribution >= 4 is 29.2 Å². The molecule has 0 atom stereocenters. The van der Waals surface area contributed by atoms with E-state index in [0.29, 0.717) is 12.5 Å². The van der Waals surface area contributed by atoms with Crippen molar-refractivity contribution < 1.29 is 9.53 Å². The fourth-order valence-corrected chi connectivity index (χ4v) is 3.91. The summed E-state index contributed by atoms with van der Waals surface area (Å²) in [4.78, 5) is 17.9. The minimum atomic E-state index is 0.0883. The summed E-state index contributed by atoms with van der Waals surface area (Å²) in [5.74, 6) is 1.39. The van der Waals surface area contributed by atoms with Gasteiger partial charge in [-0.15, -0.1) is 0 Å². The Balaban J connectivity index is 1.64. The maximum absolute atomic E-state index is 12.0. The van der Waals surface area contributed by atoms with Crippen LogP contribution < -0.4 is 11.1 Å². The van der Waals surface area contributed by atoms with E-state index in [0.717, 1.165) is 60.9 Å². The number of aromatic nitrogens is 2. The van der Waals surface area contributed by atoms with Gasteiger partial charge in [0.15, 0.2) is 5.82 Å². The van der Waals surface area contributed by atoms with Gasteiger partial charge in [-0.05, 0) is 17.7 Å². The van der Waals surface area contributed by atoms with Crippen molar-refractivity contribution in [2.45, 2.75) is 26.4 Å². The van der Waals surface area contributed by atoms with Crippen LogP contribution in [0, 0.1) is 5.92 Å². The lowest BCUT2D eigenvalue weighted by Gasteiger charge is -2.29. The van der Waals surface area contributed by atoms with Crippen LogP contribution in [0.1, 0.15) is 23.7 Å². The standard InChI is InChI=1S/C22H28N6O2/c1-15(29)27-7-6-21-20(12-27)22(26-28(21)11-16-13-30-14-16)25-19-5-3-4-17(8-19)18(9-23)10-24-2/h3-5,8-10,16H,6-7,11-14,23H2,1-2H3,(H,25,26). The van der Waals surface area contributed by atoms with Crippen molar-refractivity contribution in [3.8, 4) is 0 Å². The van der Waals surface area contributed by atoms with Crippen LogP contribution in [0.3, 0.4) is 0 Å². The van der Waals surface area contributed by atoms with Crippen LogP contribution in [0.25, 0.3) is 5.57 Å². The Morgan fingerprint density at radius 2 is 2.27 bits per heavy atom. The number of fused-ring (bicyclic) bond motifs is 1. The van der Waals surface area contributed by atoms with E-state index in [4.69, 9.17) is 15.6 Å². The summed E-state index contributed by atoms with van der Waals surface area (Å²) in [6, 6.07) is 7.99. The number of amides is 1. The monoisotopic (exact) mass is 408 g/mol. The molecule has 0 unspecified atom stereocenters. The van der Waals surface area contributed by atoms with Gasteiger partial charge in [-0.3, -0.25) is 14.5 Å². The van der Waals surface area contributed by atoms with Crippen molar-refractivity contribution in [2.24, 2.45) is 16.6 Å². The van der Waals surface area contributed by atoms with Crippen LogP contribution in [-0.4, -0.2) is 53.6 Å². The molecule has 1 saturated heterocycles. The van der Waals surface area contributed by atoms with E-state index in [-0.39, 0.29) is 5.91 Å². The normalized spacial score (nSPS) is 17.1. The van der Waals surface area contributed by atoms with Gasteiger partial charge in [0.1, 0.15) is 0 Å². The highest BCUT2D eigenvalue weighted by atomic mass is 16.5. The lowest BCUT2D eigenvalue weighted by atomic mass is 10.0. The summed E-state index contributed by atoms with van der Waals surface area (Å²) in [5.41, 5.74) is 10.8. The summed E-state index contributed by atoms with van der Waals surface area (Å²) < 4.78 is 7.43. The molecule has 1 fully saturated rings. The van der Waals surface area contributed by atoms with E-state index in [2.05, 4.69) is 15.0 Å². The molecule has 2 aliphatic rings. The SMILES string of the molecule is CN=CC(=CN)c1cccc(Nc2nn(CC3COC3)c3c2CN(C(C)=O)CC3)c1. The quantitative estimate of drug-likeness (QED) is 0.714. The number of nitrogens with two attached hydrogens (primary N) is 1. The number of hydrogen-bond acceptors (Lipinski definition) is 6. The number of aliphatic imine (C=N–C) groups is 1. The van der Waals surface area contributed by atoms with Gasteiger partial charge in [-0.1, -0.05) is 12.1 Å². The number of benzene rings is 1. The molecule has 1 aromatic carbocycles. The molecule has 8 nitrogen and oxygen atoms in total. The number of rotatable bonds is 6. The molecule has 8 heteroatoms. The molecular formula is C22H28N6O2. The first-order chi connectivity index (χ1) is 14.6. The number of carbonyl (C=O) groups is 1. The molecule has 0 spiro atoms. The van der Waals surface area contributed by atoms with Gasteiger partial charge in [0.25, 0.3) is 0 Å². The van der Waals surface area contributed by atoms with Gasteiger partial charge in [0, 0.05) is 74.3 Å². The molecule has 1 amide bonds. The van der Waals surface area contributed by atoms with Crippen LogP contribution >= 0.6 is 0 Å². The number of ether oxygens (including phenoxy) is 1. The Labute approximate surface area is 176 Å². The fourth-order valence-electron chi connectivity index (χ4n) is 3.91. The summed E-state index contributed by atoms with van der Waals surface area (Å²) in [5, 5.41) is 8.35. The second-order valence-corrected chi connectivity index (χ2v) is 7.77. The third-order valence-corrected chi connectivity index (χ3v) is 5.62. The van der Waals surface area contributed by atoms with Crippen molar-refractivity contribution in [2.75, 3.05) is 32.1 Å². The highest BCUT2D eigenvalue weighted by molar-refractivity contribution is 6.09. The highest BCUT2D eigenvalue weighted by Crippen LogP contribution is 2.30. The predicted octanol–water partition coefficient (Wildman–Crippen LogP) is 2.18. The lowest BCUT2D eigenvalue weighted by molar-refractivity contribution is -0.129. The number of carbonyl (C=O) groups excluding carboxylic acids is 1. The van der Waals surface area contributed by atoms with Crippen LogP contribution in [0.15, 0.2) is 35.5 Å². The van der Waals surface area contributed by atoms with Gasteiger partial charge in [0.05, 0.1) is 19.8 Å². The third kappa shape index (κ3) is 4.09. The Bertz CT molecular complexity index is 990.